The summed E-state index contributed by atoms with van der Waals surface area (Å²) in [5, 5.41) is 4.09. The standard InChI is InChI=1S/C9H12N6S/c1-15-5-8(3-13-15)16-6-7-2-12-9(14-10)4-11-7/h2-5H,6,10H2,1H3,(H,12,14). The Labute approximate surface area is 97.2 Å². The smallest absolute Gasteiger partial charge is 0.158 e. The first-order chi connectivity index (χ1) is 7.78. The normalized spacial score (nSPS) is 10.4. The summed E-state index contributed by atoms with van der Waals surface area (Å²) in [5.74, 6) is 6.53. The molecule has 0 fully saturated rings. The number of aromatic nitrogens is 4. The van der Waals surface area contributed by atoms with Gasteiger partial charge < -0.3 is 5.43 Å². The van der Waals surface area contributed by atoms with E-state index in [4.69, 9.17) is 5.84 Å². The highest BCUT2D eigenvalue weighted by Crippen LogP contribution is 2.20. The molecule has 16 heavy (non-hydrogen) atoms. The molecule has 0 aliphatic rings. The molecule has 0 aliphatic carbocycles. The van der Waals surface area contributed by atoms with Crippen molar-refractivity contribution >= 4 is 17.6 Å². The molecule has 0 aliphatic heterocycles. The van der Waals surface area contributed by atoms with Crippen LogP contribution in [0.3, 0.4) is 0 Å². The second-order valence-corrected chi connectivity index (χ2v) is 4.22. The summed E-state index contributed by atoms with van der Waals surface area (Å²) in [6.45, 7) is 0. The van der Waals surface area contributed by atoms with Crippen molar-refractivity contribution in [1.82, 2.24) is 19.7 Å². The van der Waals surface area contributed by atoms with Crippen molar-refractivity contribution in [1.29, 1.82) is 0 Å². The SMILES string of the molecule is Cn1cc(SCc2cnc(NN)cn2)cn1. The first kappa shape index (κ1) is 10.9. The number of thioether (sulfide) groups is 1. The van der Waals surface area contributed by atoms with Crippen LogP contribution in [0.4, 0.5) is 5.82 Å². The van der Waals surface area contributed by atoms with Gasteiger partial charge in [0.05, 0.1) is 24.3 Å². The molecule has 0 saturated carbocycles. The summed E-state index contributed by atoms with van der Waals surface area (Å²) in [7, 11) is 1.89. The lowest BCUT2D eigenvalue weighted by molar-refractivity contribution is 0.766. The number of aryl methyl sites for hydroxylation is 1. The number of nitrogens with two attached hydrogens (primary N) is 1. The van der Waals surface area contributed by atoms with Gasteiger partial charge in [-0.1, -0.05) is 0 Å². The van der Waals surface area contributed by atoms with Crippen molar-refractivity contribution < 1.29 is 0 Å². The highest BCUT2D eigenvalue weighted by Gasteiger charge is 2.00. The van der Waals surface area contributed by atoms with Gasteiger partial charge in [0, 0.05) is 23.9 Å². The van der Waals surface area contributed by atoms with E-state index in [0.717, 1.165) is 16.3 Å². The van der Waals surface area contributed by atoms with Gasteiger partial charge in [-0.25, -0.2) is 10.8 Å². The van der Waals surface area contributed by atoms with E-state index in [-0.39, 0.29) is 0 Å². The average molecular weight is 236 g/mol. The lowest BCUT2D eigenvalue weighted by Gasteiger charge is -2.00. The zero-order valence-corrected chi connectivity index (χ0v) is 9.61. The van der Waals surface area contributed by atoms with Gasteiger partial charge in [0.1, 0.15) is 0 Å². The maximum absolute atomic E-state index is 5.20. The maximum atomic E-state index is 5.20. The van der Waals surface area contributed by atoms with Crippen LogP contribution < -0.4 is 11.3 Å². The Hall–Kier alpha value is -1.60. The van der Waals surface area contributed by atoms with Crippen LogP contribution in [0.15, 0.2) is 29.7 Å². The molecule has 2 rings (SSSR count). The molecule has 0 bridgehead atoms. The van der Waals surface area contributed by atoms with Gasteiger partial charge in [-0.3, -0.25) is 9.67 Å². The number of nitrogens with one attached hydrogen (secondary N) is 1. The number of hydrogen-bond donors (Lipinski definition) is 2. The first-order valence-electron chi connectivity index (χ1n) is 4.67. The number of rotatable bonds is 4. The van der Waals surface area contributed by atoms with E-state index >= 15 is 0 Å². The second kappa shape index (κ2) is 4.95. The topological polar surface area (TPSA) is 81.7 Å². The number of hydrogen-bond acceptors (Lipinski definition) is 6. The van der Waals surface area contributed by atoms with Crippen molar-refractivity contribution in [3.05, 3.63) is 30.5 Å². The molecule has 0 amide bonds. The van der Waals surface area contributed by atoms with Crippen molar-refractivity contribution in [3.8, 4) is 0 Å². The number of anilines is 1. The molecule has 84 valence electrons. The Balaban J connectivity index is 1.94. The van der Waals surface area contributed by atoms with Crippen LogP contribution in [0.2, 0.25) is 0 Å². The van der Waals surface area contributed by atoms with Gasteiger partial charge in [-0.05, 0) is 0 Å². The predicted molar refractivity (Wildman–Crippen MR) is 62.6 cm³/mol. The average Bonchev–Trinajstić information content (AvgIpc) is 2.73. The van der Waals surface area contributed by atoms with Crippen LogP contribution >= 0.6 is 11.8 Å². The summed E-state index contributed by atoms with van der Waals surface area (Å²) >= 11 is 1.67. The van der Waals surface area contributed by atoms with E-state index in [0.29, 0.717) is 5.82 Å². The van der Waals surface area contributed by atoms with Gasteiger partial charge in [-0.2, -0.15) is 5.10 Å². The Morgan fingerprint density at radius 1 is 1.38 bits per heavy atom. The largest absolute Gasteiger partial charge is 0.307 e. The number of hydrazine groups is 1. The van der Waals surface area contributed by atoms with E-state index in [1.807, 2.05) is 19.4 Å². The van der Waals surface area contributed by atoms with Crippen molar-refractivity contribution in [2.75, 3.05) is 5.43 Å². The molecule has 7 heteroatoms. The van der Waals surface area contributed by atoms with Gasteiger partial charge in [0.2, 0.25) is 0 Å². The highest BCUT2D eigenvalue weighted by atomic mass is 32.2. The lowest BCUT2D eigenvalue weighted by atomic mass is 10.5. The van der Waals surface area contributed by atoms with E-state index in [2.05, 4.69) is 20.5 Å². The molecule has 2 aromatic heterocycles. The molecule has 0 saturated heterocycles. The summed E-state index contributed by atoms with van der Waals surface area (Å²) in [5.41, 5.74) is 3.35. The molecule has 6 nitrogen and oxygen atoms in total. The Kier molecular flexibility index (Phi) is 3.37. The van der Waals surface area contributed by atoms with Gasteiger partial charge in [0.25, 0.3) is 0 Å². The van der Waals surface area contributed by atoms with Crippen molar-refractivity contribution in [2.24, 2.45) is 12.9 Å². The third-order valence-corrected chi connectivity index (χ3v) is 2.91. The molecule has 0 atom stereocenters. The second-order valence-electron chi connectivity index (χ2n) is 3.18. The minimum atomic E-state index is 0.565. The van der Waals surface area contributed by atoms with Crippen LogP contribution in [0.25, 0.3) is 0 Å². The first-order valence-corrected chi connectivity index (χ1v) is 5.65. The van der Waals surface area contributed by atoms with E-state index in [1.165, 1.54) is 0 Å². The maximum Gasteiger partial charge on any atom is 0.158 e. The Bertz CT molecular complexity index is 451. The predicted octanol–water partition coefficient (Wildman–Crippen LogP) is 0.788. The summed E-state index contributed by atoms with van der Waals surface area (Å²) in [6, 6.07) is 0. The fraction of sp³-hybridized carbons (Fsp3) is 0.222. The van der Waals surface area contributed by atoms with Gasteiger partial charge in [0.15, 0.2) is 5.82 Å². The monoisotopic (exact) mass is 236 g/mol. The van der Waals surface area contributed by atoms with Crippen LogP contribution in [0.1, 0.15) is 5.69 Å². The van der Waals surface area contributed by atoms with Crippen LogP contribution in [-0.4, -0.2) is 19.7 Å². The van der Waals surface area contributed by atoms with Gasteiger partial charge >= 0.3 is 0 Å². The van der Waals surface area contributed by atoms with E-state index < -0.39 is 0 Å². The van der Waals surface area contributed by atoms with E-state index in [1.54, 1.807) is 28.8 Å². The van der Waals surface area contributed by atoms with E-state index in [9.17, 15) is 0 Å². The lowest BCUT2D eigenvalue weighted by Crippen LogP contribution is -2.08. The molecular weight excluding hydrogens is 224 g/mol. The Morgan fingerprint density at radius 2 is 2.25 bits per heavy atom. The fourth-order valence-electron chi connectivity index (χ4n) is 1.13. The summed E-state index contributed by atoms with van der Waals surface area (Å²) in [6.07, 6.45) is 7.11. The molecule has 2 aromatic rings. The molecule has 0 radical (unpaired) electrons. The quantitative estimate of drug-likeness (QED) is 0.464. The minimum absolute atomic E-state index is 0.565. The van der Waals surface area contributed by atoms with Gasteiger partial charge in [-0.15, -0.1) is 11.8 Å². The van der Waals surface area contributed by atoms with Crippen molar-refractivity contribution in [2.45, 2.75) is 10.6 Å². The molecule has 2 heterocycles. The minimum Gasteiger partial charge on any atom is -0.307 e. The fourth-order valence-corrected chi connectivity index (χ4v) is 1.95. The molecule has 3 N–H and O–H groups in total. The molecule has 0 unspecified atom stereocenters. The highest BCUT2D eigenvalue weighted by molar-refractivity contribution is 7.98. The Morgan fingerprint density at radius 3 is 2.81 bits per heavy atom. The third-order valence-electron chi connectivity index (χ3n) is 1.92. The zero-order valence-electron chi connectivity index (χ0n) is 8.79. The molecule has 0 spiro atoms. The van der Waals surface area contributed by atoms with Crippen LogP contribution in [0, 0.1) is 0 Å². The van der Waals surface area contributed by atoms with Crippen LogP contribution in [0.5, 0.6) is 0 Å². The summed E-state index contributed by atoms with van der Waals surface area (Å²) < 4.78 is 1.77. The number of nitrogen functional groups attached to an aromatic ring is 1. The summed E-state index contributed by atoms with van der Waals surface area (Å²) in [4.78, 5) is 9.42. The van der Waals surface area contributed by atoms with Crippen molar-refractivity contribution in [3.63, 3.8) is 0 Å². The van der Waals surface area contributed by atoms with Crippen LogP contribution in [-0.2, 0) is 12.8 Å². The zero-order chi connectivity index (χ0) is 11.4. The number of nitrogens with zero attached hydrogens (tertiary/aromatic N) is 4. The molecular formula is C9H12N6S. The molecule has 0 aromatic carbocycles. The third kappa shape index (κ3) is 2.71.